The molecule has 1 saturated heterocycles. The first-order valence-corrected chi connectivity index (χ1v) is 7.88. The number of hydrogen-bond donors (Lipinski definition) is 2. The molecule has 1 rings (SSSR count). The topological polar surface area (TPSA) is 93.7 Å². The Balaban J connectivity index is 2.66. The number of hydrogen-bond acceptors (Lipinski definition) is 4. The average Bonchev–Trinajstić information content (AvgIpc) is 2.36. The van der Waals surface area contributed by atoms with Crippen molar-refractivity contribution < 1.29 is 8.42 Å². The molecule has 19 heavy (non-hydrogen) atoms. The molecular weight excluding hydrogens is 266 g/mol. The second kappa shape index (κ2) is 6.17. The Morgan fingerprint density at radius 3 is 2.05 bits per heavy atom. The molecule has 1 atom stereocenters. The zero-order valence-corrected chi connectivity index (χ0v) is 12.9. The van der Waals surface area contributed by atoms with Gasteiger partial charge < -0.3 is 5.73 Å². The van der Waals surface area contributed by atoms with Crippen LogP contribution in [-0.2, 0) is 10.2 Å². The second-order valence-corrected chi connectivity index (χ2v) is 7.17. The number of nitrogens with one attached hydrogen (secondary N) is 1. The summed E-state index contributed by atoms with van der Waals surface area (Å²) in [6.07, 6.45) is 0. The minimum Gasteiger partial charge on any atom is -0.386 e. The van der Waals surface area contributed by atoms with E-state index in [0.717, 1.165) is 0 Å². The van der Waals surface area contributed by atoms with Crippen molar-refractivity contribution in [2.75, 3.05) is 33.2 Å². The third-order valence-electron chi connectivity index (χ3n) is 3.69. The lowest BCUT2D eigenvalue weighted by molar-refractivity contribution is 0.167. The summed E-state index contributed by atoms with van der Waals surface area (Å²) < 4.78 is 27.5. The molecule has 3 N–H and O–H groups in total. The van der Waals surface area contributed by atoms with Gasteiger partial charge in [0, 0.05) is 39.3 Å². The number of amidine groups is 1. The van der Waals surface area contributed by atoms with Crippen molar-refractivity contribution >= 4 is 16.0 Å². The Bertz CT molecular complexity index is 415. The van der Waals surface area contributed by atoms with Gasteiger partial charge in [-0.05, 0) is 20.8 Å². The van der Waals surface area contributed by atoms with Gasteiger partial charge in [0.15, 0.2) is 0 Å². The van der Waals surface area contributed by atoms with E-state index in [2.05, 4.69) is 0 Å². The number of nitrogens with zero attached hydrogens (tertiary/aromatic N) is 3. The molecule has 0 amide bonds. The fourth-order valence-corrected chi connectivity index (χ4v) is 3.49. The summed E-state index contributed by atoms with van der Waals surface area (Å²) in [5, 5.41) is 7.43. The molecule has 1 unspecified atom stereocenters. The van der Waals surface area contributed by atoms with Gasteiger partial charge in [-0.15, -0.1) is 0 Å². The second-order valence-electron chi connectivity index (χ2n) is 5.18. The molecule has 0 aromatic carbocycles. The smallest absolute Gasteiger partial charge is 0.282 e. The molecule has 0 aromatic heterocycles. The molecule has 8 heteroatoms. The van der Waals surface area contributed by atoms with Crippen LogP contribution >= 0.6 is 0 Å². The molecule has 0 aromatic rings. The van der Waals surface area contributed by atoms with E-state index in [4.69, 9.17) is 11.1 Å². The Labute approximate surface area is 116 Å². The predicted molar refractivity (Wildman–Crippen MR) is 76.3 cm³/mol. The van der Waals surface area contributed by atoms with Crippen LogP contribution in [0.25, 0.3) is 0 Å². The Kier molecular flexibility index (Phi) is 5.31. The predicted octanol–water partition coefficient (Wildman–Crippen LogP) is -0.487. The van der Waals surface area contributed by atoms with Crippen molar-refractivity contribution in [2.24, 2.45) is 5.73 Å². The van der Waals surface area contributed by atoms with Crippen molar-refractivity contribution in [2.45, 2.75) is 32.9 Å². The van der Waals surface area contributed by atoms with Gasteiger partial charge in [-0.1, -0.05) is 0 Å². The van der Waals surface area contributed by atoms with Gasteiger partial charge in [-0.3, -0.25) is 10.3 Å². The van der Waals surface area contributed by atoms with Crippen LogP contribution in [0.2, 0.25) is 0 Å². The molecule has 112 valence electrons. The summed E-state index contributed by atoms with van der Waals surface area (Å²) >= 11 is 0. The van der Waals surface area contributed by atoms with E-state index in [1.54, 1.807) is 7.05 Å². The zero-order valence-electron chi connectivity index (χ0n) is 12.1. The molecule has 0 spiro atoms. The minimum absolute atomic E-state index is 0.0563. The SMILES string of the molecule is CC(C(=N)N)N1CCN(S(=O)(=O)N(C)C(C)C)CC1. The molecule has 0 aliphatic carbocycles. The highest BCUT2D eigenvalue weighted by Crippen LogP contribution is 2.14. The van der Waals surface area contributed by atoms with Gasteiger partial charge in [0.25, 0.3) is 10.2 Å². The number of rotatable bonds is 5. The molecule has 1 aliphatic rings. The lowest BCUT2D eigenvalue weighted by Crippen LogP contribution is -2.56. The highest BCUT2D eigenvalue weighted by molar-refractivity contribution is 7.86. The van der Waals surface area contributed by atoms with Crippen molar-refractivity contribution in [3.05, 3.63) is 0 Å². The van der Waals surface area contributed by atoms with Crippen molar-refractivity contribution in [1.82, 2.24) is 13.5 Å². The quantitative estimate of drug-likeness (QED) is 0.528. The van der Waals surface area contributed by atoms with Crippen LogP contribution < -0.4 is 5.73 Å². The van der Waals surface area contributed by atoms with Crippen LogP contribution in [0.15, 0.2) is 0 Å². The molecule has 7 nitrogen and oxygen atoms in total. The minimum atomic E-state index is -3.38. The Hall–Kier alpha value is -0.700. The summed E-state index contributed by atoms with van der Waals surface area (Å²) in [5.41, 5.74) is 5.48. The molecular formula is C11H25N5O2S. The van der Waals surface area contributed by atoms with Crippen molar-refractivity contribution in [3.8, 4) is 0 Å². The van der Waals surface area contributed by atoms with Crippen LogP contribution in [0.3, 0.4) is 0 Å². The molecule has 0 saturated carbocycles. The fraction of sp³-hybridized carbons (Fsp3) is 0.909. The van der Waals surface area contributed by atoms with Gasteiger partial charge in [-0.25, -0.2) is 0 Å². The lowest BCUT2D eigenvalue weighted by Gasteiger charge is -2.38. The molecule has 1 aliphatic heterocycles. The number of piperazine rings is 1. The summed E-state index contributed by atoms with van der Waals surface area (Å²) in [7, 11) is -1.77. The molecule has 0 bridgehead atoms. The van der Waals surface area contributed by atoms with Crippen molar-refractivity contribution in [1.29, 1.82) is 5.41 Å². The molecule has 1 fully saturated rings. The molecule has 1 heterocycles. The fourth-order valence-electron chi connectivity index (χ4n) is 1.97. The van der Waals surface area contributed by atoms with Crippen LogP contribution in [0.1, 0.15) is 20.8 Å². The van der Waals surface area contributed by atoms with Crippen LogP contribution in [-0.4, -0.2) is 73.1 Å². The third kappa shape index (κ3) is 3.65. The van der Waals surface area contributed by atoms with Crippen LogP contribution in [0.5, 0.6) is 0 Å². The van der Waals surface area contributed by atoms with Gasteiger partial charge in [0.1, 0.15) is 5.84 Å². The van der Waals surface area contributed by atoms with E-state index in [-0.39, 0.29) is 17.9 Å². The average molecular weight is 291 g/mol. The van der Waals surface area contributed by atoms with Gasteiger partial charge in [-0.2, -0.15) is 17.0 Å². The van der Waals surface area contributed by atoms with Crippen molar-refractivity contribution in [3.63, 3.8) is 0 Å². The lowest BCUT2D eigenvalue weighted by atomic mass is 10.2. The molecule has 0 radical (unpaired) electrons. The number of nitrogens with two attached hydrogens (primary N) is 1. The standard InChI is InChI=1S/C11H25N5O2S/c1-9(2)14(4)19(17,18)16-7-5-15(6-8-16)10(3)11(12)13/h9-10H,5-8H2,1-4H3,(H3,12,13). The first-order valence-electron chi connectivity index (χ1n) is 6.49. The largest absolute Gasteiger partial charge is 0.386 e. The maximum atomic E-state index is 12.3. The normalized spacial score (nSPS) is 20.9. The third-order valence-corrected chi connectivity index (χ3v) is 5.86. The van der Waals surface area contributed by atoms with Crippen LogP contribution in [0.4, 0.5) is 0 Å². The Morgan fingerprint density at radius 2 is 1.68 bits per heavy atom. The van der Waals surface area contributed by atoms with Gasteiger partial charge >= 0.3 is 0 Å². The summed E-state index contributed by atoms with van der Waals surface area (Å²) in [5.74, 6) is 0.121. The summed E-state index contributed by atoms with van der Waals surface area (Å²) in [6.45, 7) is 7.66. The van der Waals surface area contributed by atoms with E-state index in [1.165, 1.54) is 8.61 Å². The van der Waals surface area contributed by atoms with Gasteiger partial charge in [0.2, 0.25) is 0 Å². The first-order chi connectivity index (χ1) is 8.67. The van der Waals surface area contributed by atoms with Gasteiger partial charge in [0.05, 0.1) is 6.04 Å². The highest BCUT2D eigenvalue weighted by Gasteiger charge is 2.32. The zero-order chi connectivity index (χ0) is 14.8. The Morgan fingerprint density at radius 1 is 1.21 bits per heavy atom. The van der Waals surface area contributed by atoms with Crippen LogP contribution in [0, 0.1) is 5.41 Å². The van der Waals surface area contributed by atoms with E-state index < -0.39 is 10.2 Å². The first kappa shape index (κ1) is 16.4. The van der Waals surface area contributed by atoms with E-state index in [0.29, 0.717) is 26.2 Å². The van der Waals surface area contributed by atoms with E-state index in [1.807, 2.05) is 25.7 Å². The van der Waals surface area contributed by atoms with E-state index >= 15 is 0 Å². The maximum absolute atomic E-state index is 12.3. The summed E-state index contributed by atoms with van der Waals surface area (Å²) in [6, 6.07) is -0.188. The van der Waals surface area contributed by atoms with E-state index in [9.17, 15) is 8.42 Å². The monoisotopic (exact) mass is 291 g/mol. The maximum Gasteiger partial charge on any atom is 0.282 e. The summed E-state index contributed by atoms with van der Waals surface area (Å²) in [4.78, 5) is 2.03. The highest BCUT2D eigenvalue weighted by atomic mass is 32.2.